The zero-order valence-electron chi connectivity index (χ0n) is 32.4. The zero-order valence-corrected chi connectivity index (χ0v) is 32.4. The number of ether oxygens (including phenoxy) is 1. The third-order valence-electron chi connectivity index (χ3n) is 12.3. The summed E-state index contributed by atoms with van der Waals surface area (Å²) in [5.74, 6) is 2.18. The van der Waals surface area contributed by atoms with E-state index in [1.165, 1.54) is 6.42 Å². The fraction of sp³-hybridized carbons (Fsp3) is 0.683. The van der Waals surface area contributed by atoms with Gasteiger partial charge in [0.2, 0.25) is 5.91 Å². The number of aliphatic hydroxyl groups excluding tert-OH is 2. The van der Waals surface area contributed by atoms with Crippen LogP contribution in [-0.4, -0.2) is 101 Å². The first-order chi connectivity index (χ1) is 24.1. The molecule has 2 aromatic rings. The summed E-state index contributed by atoms with van der Waals surface area (Å²) in [5, 5.41) is 37.2. The standard InChI is InChI=1S/C41H64N4O6/c1-25(2)16-31(22-43(7)8)44(23-32-35(48)14-11-15-36(32)50-9)20-28-12-10-13-29(17-28)21-45-39(38(27(4)47)37(24-46)51-45)40(49)42-34-19-30-18-33(26(34)3)41(30,5)6/h10-15,17,25-27,30-31,33-34,37-39,46-48H,16,18-24H2,1-9H3,(H,42,49)/t26-,27-,30-,31-,33+,34-,37-,38+,39-/m0/s1. The van der Waals surface area contributed by atoms with Crippen molar-refractivity contribution in [2.24, 2.45) is 35.0 Å². The minimum atomic E-state index is -0.847. The van der Waals surface area contributed by atoms with Crippen LogP contribution in [0.25, 0.3) is 0 Å². The number of nitrogens with zero attached hydrogens (tertiary/aromatic N) is 3. The Bertz CT molecular complexity index is 1460. The Morgan fingerprint density at radius 1 is 1.10 bits per heavy atom. The van der Waals surface area contributed by atoms with Crippen molar-refractivity contribution in [3.63, 3.8) is 0 Å². The molecule has 2 bridgehead atoms. The molecule has 4 aliphatic rings. The van der Waals surface area contributed by atoms with E-state index in [0.29, 0.717) is 54.5 Å². The van der Waals surface area contributed by atoms with Crippen molar-refractivity contribution < 1.29 is 29.7 Å². The van der Waals surface area contributed by atoms with Gasteiger partial charge in [-0.1, -0.05) is 65.0 Å². The van der Waals surface area contributed by atoms with Crippen LogP contribution in [0.5, 0.6) is 11.5 Å². The molecule has 284 valence electrons. The smallest absolute Gasteiger partial charge is 0.240 e. The summed E-state index contributed by atoms with van der Waals surface area (Å²) >= 11 is 0. The van der Waals surface area contributed by atoms with E-state index in [2.05, 4.69) is 76.0 Å². The highest BCUT2D eigenvalue weighted by atomic mass is 16.7. The second-order valence-corrected chi connectivity index (χ2v) is 17.0. The van der Waals surface area contributed by atoms with E-state index >= 15 is 0 Å². The number of carbonyl (C=O) groups excluding carboxylic acids is 1. The van der Waals surface area contributed by atoms with Gasteiger partial charge in [-0.2, -0.15) is 5.06 Å². The highest BCUT2D eigenvalue weighted by Crippen LogP contribution is 2.61. The van der Waals surface area contributed by atoms with Gasteiger partial charge in [0.1, 0.15) is 23.6 Å². The number of aliphatic hydroxyl groups is 2. The molecule has 3 aliphatic carbocycles. The first kappa shape index (κ1) is 39.5. The monoisotopic (exact) mass is 708 g/mol. The van der Waals surface area contributed by atoms with Gasteiger partial charge in [0.25, 0.3) is 0 Å². The molecule has 51 heavy (non-hydrogen) atoms. The lowest BCUT2D eigenvalue weighted by Crippen LogP contribution is -2.62. The molecule has 0 spiro atoms. The van der Waals surface area contributed by atoms with Crippen molar-refractivity contribution in [3.05, 3.63) is 59.2 Å². The number of nitrogens with one attached hydrogen (secondary N) is 1. The Morgan fingerprint density at radius 2 is 1.80 bits per heavy atom. The number of methoxy groups -OCH3 is 1. The van der Waals surface area contributed by atoms with Crippen LogP contribution < -0.4 is 10.1 Å². The number of hydrogen-bond donors (Lipinski definition) is 4. The molecule has 10 nitrogen and oxygen atoms in total. The predicted octanol–water partition coefficient (Wildman–Crippen LogP) is 5.04. The van der Waals surface area contributed by atoms with E-state index < -0.39 is 24.2 Å². The fourth-order valence-corrected chi connectivity index (χ4v) is 9.45. The Kier molecular flexibility index (Phi) is 12.8. The topological polar surface area (TPSA) is 118 Å². The molecule has 10 heteroatoms. The normalized spacial score (nSPS) is 28.5. The average molecular weight is 709 g/mol. The lowest BCUT2D eigenvalue weighted by molar-refractivity contribution is -0.183. The van der Waals surface area contributed by atoms with Crippen molar-refractivity contribution in [1.29, 1.82) is 0 Å². The summed E-state index contributed by atoms with van der Waals surface area (Å²) in [6.45, 7) is 15.1. The SMILES string of the molecule is COc1cccc(O)c1CN(Cc1cccc(CN2O[C@@H](CO)[C@@H]([C@H](C)O)[C@H]2C(=O)N[C@H]2C[C@@H]3C[C@H]([C@@H]2C)C3(C)C)c1)[C@@H](CC(C)C)CN(C)C. The van der Waals surface area contributed by atoms with Crippen LogP contribution in [0.15, 0.2) is 42.5 Å². The molecule has 1 amide bonds. The van der Waals surface area contributed by atoms with Gasteiger partial charge in [0.15, 0.2) is 0 Å². The van der Waals surface area contributed by atoms with Crippen molar-refractivity contribution in [1.82, 2.24) is 20.2 Å². The highest BCUT2D eigenvalue weighted by molar-refractivity contribution is 5.82. The van der Waals surface area contributed by atoms with Gasteiger partial charge >= 0.3 is 0 Å². The fourth-order valence-electron chi connectivity index (χ4n) is 9.45. The number of amides is 1. The van der Waals surface area contributed by atoms with E-state index in [1.54, 1.807) is 31.2 Å². The van der Waals surface area contributed by atoms with E-state index in [-0.39, 0.29) is 30.3 Å². The number of benzene rings is 2. The maximum Gasteiger partial charge on any atom is 0.240 e. The third-order valence-corrected chi connectivity index (χ3v) is 12.3. The number of phenolic OH excluding ortho intramolecular Hbond substituents is 1. The lowest BCUT2D eigenvalue weighted by Gasteiger charge is -2.62. The Balaban J connectivity index is 1.39. The zero-order chi connectivity index (χ0) is 37.2. The van der Waals surface area contributed by atoms with Crippen molar-refractivity contribution in [2.75, 3.05) is 34.4 Å². The van der Waals surface area contributed by atoms with Gasteiger partial charge in [0, 0.05) is 43.2 Å². The second-order valence-electron chi connectivity index (χ2n) is 17.0. The molecular formula is C41H64N4O6. The molecule has 1 aliphatic heterocycles. The van der Waals surface area contributed by atoms with E-state index in [4.69, 9.17) is 9.57 Å². The maximum absolute atomic E-state index is 14.2. The summed E-state index contributed by atoms with van der Waals surface area (Å²) in [4.78, 5) is 25.1. The summed E-state index contributed by atoms with van der Waals surface area (Å²) in [6.07, 6.45) is 1.63. The van der Waals surface area contributed by atoms with E-state index in [1.807, 2.05) is 18.2 Å². The number of hydroxylamine groups is 2. The predicted molar refractivity (Wildman–Crippen MR) is 200 cm³/mol. The molecule has 2 aromatic carbocycles. The van der Waals surface area contributed by atoms with Crippen LogP contribution in [0.3, 0.4) is 0 Å². The molecule has 1 heterocycles. The van der Waals surface area contributed by atoms with Crippen LogP contribution in [0, 0.1) is 35.0 Å². The molecule has 9 atom stereocenters. The summed E-state index contributed by atoms with van der Waals surface area (Å²) < 4.78 is 5.67. The van der Waals surface area contributed by atoms with Crippen LogP contribution in [0.4, 0.5) is 0 Å². The number of hydrogen-bond acceptors (Lipinski definition) is 9. The number of carbonyl (C=O) groups is 1. The molecule has 0 radical (unpaired) electrons. The molecule has 0 aromatic heterocycles. The molecule has 1 saturated heterocycles. The van der Waals surface area contributed by atoms with E-state index in [0.717, 1.165) is 36.1 Å². The third kappa shape index (κ3) is 8.74. The van der Waals surface area contributed by atoms with Crippen LogP contribution in [0.1, 0.15) is 77.5 Å². The summed E-state index contributed by atoms with van der Waals surface area (Å²) in [6, 6.07) is 13.3. The van der Waals surface area contributed by atoms with Gasteiger partial charge < -0.3 is 30.3 Å². The number of fused-ring (bicyclic) bond motifs is 2. The van der Waals surface area contributed by atoms with Crippen LogP contribution in [-0.2, 0) is 29.3 Å². The average Bonchev–Trinajstić information content (AvgIpc) is 3.43. The van der Waals surface area contributed by atoms with E-state index in [9.17, 15) is 20.1 Å². The number of phenols is 1. The summed E-state index contributed by atoms with van der Waals surface area (Å²) in [5.41, 5.74) is 3.13. The maximum atomic E-state index is 14.2. The quantitative estimate of drug-likeness (QED) is 0.190. The van der Waals surface area contributed by atoms with Gasteiger partial charge in [-0.3, -0.25) is 14.5 Å². The minimum Gasteiger partial charge on any atom is -0.507 e. The number of likely N-dealkylation sites (N-methyl/N-ethyl adjacent to an activating group) is 1. The van der Waals surface area contributed by atoms with Crippen molar-refractivity contribution in [2.45, 2.75) is 111 Å². The second kappa shape index (κ2) is 16.5. The van der Waals surface area contributed by atoms with Gasteiger partial charge in [0.05, 0.1) is 26.4 Å². The molecule has 3 saturated carbocycles. The van der Waals surface area contributed by atoms with Gasteiger partial charge in [-0.15, -0.1) is 0 Å². The minimum absolute atomic E-state index is 0.0805. The van der Waals surface area contributed by atoms with Crippen LogP contribution in [0.2, 0.25) is 0 Å². The molecule has 6 rings (SSSR count). The number of aromatic hydroxyl groups is 1. The van der Waals surface area contributed by atoms with Gasteiger partial charge in [-0.05, 0) is 92.6 Å². The first-order valence-corrected chi connectivity index (χ1v) is 19.0. The highest BCUT2D eigenvalue weighted by Gasteiger charge is 2.57. The molecule has 4 N–H and O–H groups in total. The van der Waals surface area contributed by atoms with Crippen LogP contribution >= 0.6 is 0 Å². The molecule has 4 fully saturated rings. The largest absolute Gasteiger partial charge is 0.507 e. The van der Waals surface area contributed by atoms with Crippen molar-refractivity contribution in [3.8, 4) is 11.5 Å². The van der Waals surface area contributed by atoms with Gasteiger partial charge in [-0.25, -0.2) is 0 Å². The first-order valence-electron chi connectivity index (χ1n) is 19.0. The Morgan fingerprint density at radius 3 is 2.41 bits per heavy atom. The Hall–Kier alpha value is -2.73. The number of rotatable bonds is 16. The Labute approximate surface area is 306 Å². The molecule has 0 unspecified atom stereocenters. The lowest BCUT2D eigenvalue weighted by atomic mass is 9.45. The summed E-state index contributed by atoms with van der Waals surface area (Å²) in [7, 11) is 5.82. The van der Waals surface area contributed by atoms with Crippen molar-refractivity contribution >= 4 is 5.91 Å². The molecular weight excluding hydrogens is 644 g/mol.